The van der Waals surface area contributed by atoms with E-state index in [2.05, 4.69) is 15.5 Å². The summed E-state index contributed by atoms with van der Waals surface area (Å²) in [5.41, 5.74) is 2.88. The number of aryl methyl sites for hydroxylation is 1. The van der Waals surface area contributed by atoms with Crippen LogP contribution in [0.1, 0.15) is 5.56 Å². The molecule has 0 fully saturated rings. The van der Waals surface area contributed by atoms with Crippen LogP contribution in [0.5, 0.6) is 0 Å². The van der Waals surface area contributed by atoms with Crippen LogP contribution in [0.25, 0.3) is 0 Å². The zero-order chi connectivity index (χ0) is 15.9. The van der Waals surface area contributed by atoms with Crippen molar-refractivity contribution in [3.63, 3.8) is 0 Å². The molecule has 2 N–H and O–H groups in total. The normalized spacial score (nSPS) is 10.8. The van der Waals surface area contributed by atoms with Gasteiger partial charge in [0.15, 0.2) is 0 Å². The first-order valence-corrected chi connectivity index (χ1v) is 6.72. The Hall–Kier alpha value is -2.80. The number of hydrogen-bond donors (Lipinski definition) is 2. The van der Waals surface area contributed by atoms with Crippen LogP contribution < -0.4 is 5.32 Å². The number of rotatable bonds is 6. The van der Waals surface area contributed by atoms with Gasteiger partial charge in [-0.05, 0) is 42.8 Å². The molecular weight excluding hydrogens is 284 g/mol. The summed E-state index contributed by atoms with van der Waals surface area (Å²) in [6.45, 7) is 2.31. The van der Waals surface area contributed by atoms with Crippen molar-refractivity contribution in [1.82, 2.24) is 0 Å². The number of non-ortho nitro benzene ring substituents is 1. The van der Waals surface area contributed by atoms with Crippen molar-refractivity contribution >= 4 is 22.7 Å². The van der Waals surface area contributed by atoms with Crippen LogP contribution in [0.2, 0.25) is 0 Å². The number of aliphatic hydroxyl groups is 1. The van der Waals surface area contributed by atoms with Crippen LogP contribution >= 0.6 is 0 Å². The zero-order valence-corrected chi connectivity index (χ0v) is 12.1. The third-order valence-electron chi connectivity index (χ3n) is 2.97. The monoisotopic (exact) mass is 300 g/mol. The van der Waals surface area contributed by atoms with Crippen molar-refractivity contribution in [2.45, 2.75) is 6.92 Å². The smallest absolute Gasteiger partial charge is 0.269 e. The molecule has 0 spiro atoms. The van der Waals surface area contributed by atoms with Crippen LogP contribution in [-0.4, -0.2) is 23.2 Å². The molecule has 2 rings (SSSR count). The summed E-state index contributed by atoms with van der Waals surface area (Å²) in [6.07, 6.45) is 0. The number of azo groups is 1. The number of nitrogens with one attached hydrogen (secondary N) is 1. The van der Waals surface area contributed by atoms with Gasteiger partial charge in [-0.25, -0.2) is 0 Å². The van der Waals surface area contributed by atoms with E-state index in [1.54, 1.807) is 25.1 Å². The largest absolute Gasteiger partial charge is 0.395 e. The van der Waals surface area contributed by atoms with E-state index in [0.717, 1.165) is 5.69 Å². The Bertz CT molecular complexity index is 684. The van der Waals surface area contributed by atoms with Crippen LogP contribution in [-0.2, 0) is 0 Å². The molecule has 114 valence electrons. The maximum atomic E-state index is 10.7. The van der Waals surface area contributed by atoms with Crippen molar-refractivity contribution in [3.8, 4) is 0 Å². The number of nitro benzene ring substituents is 1. The SMILES string of the molecule is Cc1cc([N+](=O)[O-])ccc1N=Nc1ccc(NCCO)cc1. The van der Waals surface area contributed by atoms with E-state index < -0.39 is 4.92 Å². The van der Waals surface area contributed by atoms with Gasteiger partial charge < -0.3 is 10.4 Å². The molecule has 2 aromatic carbocycles. The predicted octanol–water partition coefficient (Wildman–Crippen LogP) is 3.72. The predicted molar refractivity (Wildman–Crippen MR) is 84.0 cm³/mol. The van der Waals surface area contributed by atoms with Gasteiger partial charge in [0.1, 0.15) is 0 Å². The summed E-state index contributed by atoms with van der Waals surface area (Å²) in [5.74, 6) is 0. The number of nitro groups is 1. The van der Waals surface area contributed by atoms with E-state index in [0.29, 0.717) is 23.5 Å². The van der Waals surface area contributed by atoms with Crippen molar-refractivity contribution in [2.24, 2.45) is 10.2 Å². The van der Waals surface area contributed by atoms with E-state index in [1.165, 1.54) is 12.1 Å². The molecule has 22 heavy (non-hydrogen) atoms. The Morgan fingerprint density at radius 1 is 1.18 bits per heavy atom. The lowest BCUT2D eigenvalue weighted by molar-refractivity contribution is -0.384. The molecule has 0 aliphatic carbocycles. The summed E-state index contributed by atoms with van der Waals surface area (Å²) >= 11 is 0. The van der Waals surface area contributed by atoms with E-state index in [4.69, 9.17) is 5.11 Å². The topological polar surface area (TPSA) is 100 Å². The lowest BCUT2D eigenvalue weighted by Crippen LogP contribution is -2.04. The summed E-state index contributed by atoms with van der Waals surface area (Å²) in [5, 5.41) is 30.7. The molecule has 0 unspecified atom stereocenters. The first-order chi connectivity index (χ1) is 10.6. The lowest BCUT2D eigenvalue weighted by Gasteiger charge is -2.03. The Morgan fingerprint density at radius 2 is 1.91 bits per heavy atom. The highest BCUT2D eigenvalue weighted by atomic mass is 16.6. The average molecular weight is 300 g/mol. The standard InChI is InChI=1S/C15H16N4O3/c1-11-10-14(19(21)22)6-7-15(11)18-17-13-4-2-12(3-5-13)16-8-9-20/h2-7,10,16,20H,8-9H2,1H3. The fourth-order valence-electron chi connectivity index (χ4n) is 1.82. The fourth-order valence-corrected chi connectivity index (χ4v) is 1.82. The molecule has 0 bridgehead atoms. The third kappa shape index (κ3) is 4.10. The van der Waals surface area contributed by atoms with Crippen LogP contribution in [0.4, 0.5) is 22.7 Å². The second-order valence-electron chi connectivity index (χ2n) is 4.63. The molecule has 7 nitrogen and oxygen atoms in total. The van der Waals surface area contributed by atoms with Crippen LogP contribution in [0.15, 0.2) is 52.7 Å². The van der Waals surface area contributed by atoms with Crippen LogP contribution in [0.3, 0.4) is 0 Å². The Balaban J connectivity index is 2.09. The van der Waals surface area contributed by atoms with Gasteiger partial charge in [0.2, 0.25) is 0 Å². The molecular formula is C15H16N4O3. The van der Waals surface area contributed by atoms with Gasteiger partial charge in [-0.15, -0.1) is 0 Å². The molecule has 2 aromatic rings. The zero-order valence-electron chi connectivity index (χ0n) is 12.1. The molecule has 0 amide bonds. The van der Waals surface area contributed by atoms with Gasteiger partial charge in [0.05, 0.1) is 22.9 Å². The minimum absolute atomic E-state index is 0.0377. The highest BCUT2D eigenvalue weighted by molar-refractivity contribution is 5.53. The summed E-state index contributed by atoms with van der Waals surface area (Å²) < 4.78 is 0. The van der Waals surface area contributed by atoms with Crippen molar-refractivity contribution in [3.05, 3.63) is 58.1 Å². The number of nitrogens with zero attached hydrogens (tertiary/aromatic N) is 3. The summed E-state index contributed by atoms with van der Waals surface area (Å²) in [4.78, 5) is 10.2. The van der Waals surface area contributed by atoms with Crippen molar-refractivity contribution in [1.29, 1.82) is 0 Å². The Kier molecular flexibility index (Phi) is 5.16. The van der Waals surface area contributed by atoms with Crippen molar-refractivity contribution in [2.75, 3.05) is 18.5 Å². The summed E-state index contributed by atoms with van der Waals surface area (Å²) in [7, 11) is 0. The third-order valence-corrected chi connectivity index (χ3v) is 2.97. The molecule has 0 heterocycles. The molecule has 0 saturated carbocycles. The summed E-state index contributed by atoms with van der Waals surface area (Å²) in [6, 6.07) is 11.7. The van der Waals surface area contributed by atoms with E-state index >= 15 is 0 Å². The Morgan fingerprint density at radius 3 is 2.50 bits per heavy atom. The number of anilines is 1. The van der Waals surface area contributed by atoms with E-state index in [9.17, 15) is 10.1 Å². The highest BCUT2D eigenvalue weighted by Gasteiger charge is 2.07. The minimum atomic E-state index is -0.438. The number of hydrogen-bond acceptors (Lipinski definition) is 6. The number of benzene rings is 2. The molecule has 0 atom stereocenters. The van der Waals surface area contributed by atoms with Gasteiger partial charge in [-0.3, -0.25) is 10.1 Å². The Labute approximate surface area is 127 Å². The average Bonchev–Trinajstić information content (AvgIpc) is 2.52. The lowest BCUT2D eigenvalue weighted by atomic mass is 10.2. The van der Waals surface area contributed by atoms with E-state index in [1.807, 2.05) is 12.1 Å². The van der Waals surface area contributed by atoms with Gasteiger partial charge in [0.25, 0.3) is 5.69 Å². The maximum Gasteiger partial charge on any atom is 0.269 e. The van der Waals surface area contributed by atoms with Gasteiger partial charge >= 0.3 is 0 Å². The molecule has 0 aliphatic heterocycles. The maximum absolute atomic E-state index is 10.7. The second kappa shape index (κ2) is 7.28. The van der Waals surface area contributed by atoms with Gasteiger partial charge in [-0.2, -0.15) is 10.2 Å². The molecule has 0 radical (unpaired) electrons. The van der Waals surface area contributed by atoms with Crippen molar-refractivity contribution < 1.29 is 10.0 Å². The first-order valence-electron chi connectivity index (χ1n) is 6.72. The quantitative estimate of drug-likeness (QED) is 0.482. The second-order valence-corrected chi connectivity index (χ2v) is 4.63. The van der Waals surface area contributed by atoms with Gasteiger partial charge in [0, 0.05) is 24.4 Å². The molecule has 0 aromatic heterocycles. The highest BCUT2D eigenvalue weighted by Crippen LogP contribution is 2.26. The van der Waals surface area contributed by atoms with Crippen LogP contribution in [0, 0.1) is 17.0 Å². The number of aliphatic hydroxyl groups excluding tert-OH is 1. The first kappa shape index (κ1) is 15.6. The minimum Gasteiger partial charge on any atom is -0.395 e. The fraction of sp³-hybridized carbons (Fsp3) is 0.200. The molecule has 0 aliphatic rings. The molecule has 0 saturated heterocycles. The van der Waals surface area contributed by atoms with E-state index in [-0.39, 0.29) is 12.3 Å². The van der Waals surface area contributed by atoms with Gasteiger partial charge in [-0.1, -0.05) is 0 Å². The molecule has 7 heteroatoms.